The summed E-state index contributed by atoms with van der Waals surface area (Å²) in [4.78, 5) is 0. The standard InChI is InChI=1S/2C16H36N.CHF3O3S/c2*1-5-9-13-17(14-10-6-2,15-11-7-3)16-12-8-4;2-1(3,4)8(5,6)7/h2*5-16H2,1-4H3;(H,5,6,7)/q2*+1;/p-1. The average molecular weight is 634 g/mol. The van der Waals surface area contributed by atoms with Gasteiger partial charge in [0.05, 0.1) is 52.4 Å². The highest BCUT2D eigenvalue weighted by molar-refractivity contribution is 7.86. The molecule has 0 bridgehead atoms. The molecule has 258 valence electrons. The van der Waals surface area contributed by atoms with E-state index in [1.165, 1.54) is 164 Å². The molecule has 0 unspecified atom stereocenters. The minimum atomic E-state index is -6.09. The van der Waals surface area contributed by atoms with Crippen LogP contribution in [-0.2, 0) is 10.1 Å². The summed E-state index contributed by atoms with van der Waals surface area (Å²) >= 11 is 0. The fraction of sp³-hybridized carbons (Fsp3) is 1.00. The first-order valence-corrected chi connectivity index (χ1v) is 18.9. The van der Waals surface area contributed by atoms with Gasteiger partial charge < -0.3 is 13.5 Å². The molecule has 0 saturated carbocycles. The smallest absolute Gasteiger partial charge is 0.485 e. The van der Waals surface area contributed by atoms with Crippen molar-refractivity contribution in [3.63, 3.8) is 0 Å². The van der Waals surface area contributed by atoms with E-state index in [4.69, 9.17) is 13.0 Å². The van der Waals surface area contributed by atoms with Crippen LogP contribution in [0.25, 0.3) is 0 Å². The van der Waals surface area contributed by atoms with Crippen molar-refractivity contribution in [2.24, 2.45) is 0 Å². The molecule has 0 rings (SSSR count). The SMILES string of the molecule is CCCC[N+](CCCC)(CCCC)CCCC.CCCC[N+](CCCC)(CCCC)CCCC.O=S(=O)([O-])C(F)(F)F. The van der Waals surface area contributed by atoms with Gasteiger partial charge in [-0.2, -0.15) is 13.2 Å². The minimum absolute atomic E-state index is 1.35. The second-order valence-electron chi connectivity index (χ2n) is 12.2. The van der Waals surface area contributed by atoms with Crippen LogP contribution in [0.5, 0.6) is 0 Å². The third kappa shape index (κ3) is 25.0. The molecule has 5 nitrogen and oxygen atoms in total. The second kappa shape index (κ2) is 28.1. The number of nitrogens with zero attached hydrogens (tertiary/aromatic N) is 2. The predicted molar refractivity (Wildman–Crippen MR) is 174 cm³/mol. The first-order valence-electron chi connectivity index (χ1n) is 17.5. The van der Waals surface area contributed by atoms with E-state index in [1.54, 1.807) is 0 Å². The van der Waals surface area contributed by atoms with Gasteiger partial charge >= 0.3 is 5.51 Å². The van der Waals surface area contributed by atoms with Crippen molar-refractivity contribution in [1.82, 2.24) is 0 Å². The number of alkyl halides is 3. The molecule has 0 aromatic rings. The summed E-state index contributed by atoms with van der Waals surface area (Å²) in [6.07, 6.45) is 22.1. The van der Waals surface area contributed by atoms with Crippen LogP contribution < -0.4 is 0 Å². The molecule has 0 N–H and O–H groups in total. The highest BCUT2D eigenvalue weighted by Gasteiger charge is 2.37. The van der Waals surface area contributed by atoms with Crippen LogP contribution in [0.3, 0.4) is 0 Å². The van der Waals surface area contributed by atoms with Crippen LogP contribution in [0.15, 0.2) is 0 Å². The zero-order valence-corrected chi connectivity index (χ0v) is 29.9. The number of hydrogen-bond acceptors (Lipinski definition) is 3. The molecule has 9 heteroatoms. The van der Waals surface area contributed by atoms with E-state index >= 15 is 0 Å². The van der Waals surface area contributed by atoms with Gasteiger partial charge in [0, 0.05) is 0 Å². The maximum atomic E-state index is 10.7. The lowest BCUT2D eigenvalue weighted by molar-refractivity contribution is -0.929. The van der Waals surface area contributed by atoms with Crippen LogP contribution in [0.1, 0.15) is 158 Å². The average Bonchev–Trinajstić information content (AvgIpc) is 2.95. The summed E-state index contributed by atoms with van der Waals surface area (Å²) in [6, 6.07) is 0. The Hall–Kier alpha value is -0.380. The Morgan fingerprint density at radius 1 is 0.429 bits per heavy atom. The van der Waals surface area contributed by atoms with Crippen LogP contribution in [-0.4, -0.2) is 79.8 Å². The fourth-order valence-corrected chi connectivity index (χ4v) is 5.29. The largest absolute Gasteiger partial charge is 0.741 e. The van der Waals surface area contributed by atoms with Crippen molar-refractivity contribution in [3.05, 3.63) is 0 Å². The van der Waals surface area contributed by atoms with Crippen LogP contribution in [0, 0.1) is 0 Å². The van der Waals surface area contributed by atoms with Crippen LogP contribution >= 0.6 is 0 Å². The van der Waals surface area contributed by atoms with Gasteiger partial charge in [-0.3, -0.25) is 0 Å². The topological polar surface area (TPSA) is 57.2 Å². The summed E-state index contributed by atoms with van der Waals surface area (Å²) in [6.45, 7) is 30.0. The maximum absolute atomic E-state index is 10.7. The molecule has 0 saturated heterocycles. The molecule has 0 aromatic carbocycles. The van der Waals surface area contributed by atoms with Crippen molar-refractivity contribution in [2.45, 2.75) is 164 Å². The van der Waals surface area contributed by atoms with Gasteiger partial charge in [-0.1, -0.05) is 107 Å². The van der Waals surface area contributed by atoms with E-state index in [9.17, 15) is 13.2 Å². The van der Waals surface area contributed by atoms with Crippen LogP contribution in [0.4, 0.5) is 13.2 Å². The summed E-state index contributed by atoms with van der Waals surface area (Å²) in [7, 11) is -6.09. The third-order valence-corrected chi connectivity index (χ3v) is 8.74. The second-order valence-corrected chi connectivity index (χ2v) is 13.6. The zero-order valence-electron chi connectivity index (χ0n) is 29.1. The summed E-state index contributed by atoms with van der Waals surface area (Å²) in [5.41, 5.74) is -5.65. The molecule has 0 aliphatic rings. The lowest BCUT2D eigenvalue weighted by Gasteiger charge is -2.39. The van der Waals surface area contributed by atoms with Crippen molar-refractivity contribution in [1.29, 1.82) is 0 Å². The molecule has 0 aliphatic heterocycles. The van der Waals surface area contributed by atoms with E-state index in [1.807, 2.05) is 0 Å². The lowest BCUT2D eigenvalue weighted by atomic mass is 10.1. The van der Waals surface area contributed by atoms with Gasteiger partial charge in [0.15, 0.2) is 10.1 Å². The third-order valence-electron chi connectivity index (χ3n) is 8.17. The normalized spacial score (nSPS) is 12.4. The van der Waals surface area contributed by atoms with E-state index in [0.29, 0.717) is 0 Å². The maximum Gasteiger partial charge on any atom is 0.485 e. The fourth-order valence-electron chi connectivity index (χ4n) is 5.29. The van der Waals surface area contributed by atoms with E-state index in [-0.39, 0.29) is 0 Å². The Labute approximate surface area is 260 Å². The highest BCUT2D eigenvalue weighted by Crippen LogP contribution is 2.20. The van der Waals surface area contributed by atoms with Gasteiger partial charge in [0.25, 0.3) is 0 Å². The summed E-state index contributed by atoms with van der Waals surface area (Å²) in [5.74, 6) is 0. The molecule has 0 radical (unpaired) electrons. The number of unbranched alkanes of at least 4 members (excludes halogenated alkanes) is 8. The first-order chi connectivity index (χ1) is 19.7. The van der Waals surface area contributed by atoms with Crippen molar-refractivity contribution < 1.29 is 35.1 Å². The number of rotatable bonds is 24. The van der Waals surface area contributed by atoms with E-state index in [0.717, 1.165) is 0 Å². The molecule has 0 amide bonds. The van der Waals surface area contributed by atoms with Gasteiger partial charge in [0.1, 0.15) is 0 Å². The quantitative estimate of drug-likeness (QED) is 0.0604. The lowest BCUT2D eigenvalue weighted by Crippen LogP contribution is -2.50. The van der Waals surface area contributed by atoms with Crippen molar-refractivity contribution >= 4 is 10.1 Å². The Bertz CT molecular complexity index is 563. The monoisotopic (exact) mass is 634 g/mol. The van der Waals surface area contributed by atoms with Gasteiger partial charge in [0.2, 0.25) is 0 Å². The van der Waals surface area contributed by atoms with E-state index < -0.39 is 15.6 Å². The molecule has 0 heterocycles. The number of halogens is 3. The summed E-state index contributed by atoms with van der Waals surface area (Å²) in [5, 5.41) is 0. The molecule has 0 spiro atoms. The van der Waals surface area contributed by atoms with Gasteiger partial charge in [-0.05, 0) is 51.4 Å². The zero-order chi connectivity index (χ0) is 33.0. The van der Waals surface area contributed by atoms with Crippen molar-refractivity contribution in [2.75, 3.05) is 52.4 Å². The molecule has 0 atom stereocenters. The van der Waals surface area contributed by atoms with Gasteiger partial charge in [-0.15, -0.1) is 0 Å². The Balaban J connectivity index is -0.000000579. The van der Waals surface area contributed by atoms with Gasteiger partial charge in [-0.25, -0.2) is 8.42 Å². The number of hydrogen-bond donors (Lipinski definition) is 0. The predicted octanol–water partition coefficient (Wildman–Crippen LogP) is 10.1. The molecule has 0 aromatic heterocycles. The molecule has 0 fully saturated rings. The summed E-state index contributed by atoms with van der Waals surface area (Å²) < 4.78 is 61.7. The minimum Gasteiger partial charge on any atom is -0.741 e. The molecule has 42 heavy (non-hydrogen) atoms. The van der Waals surface area contributed by atoms with E-state index in [2.05, 4.69) is 55.4 Å². The molecular weight excluding hydrogens is 561 g/mol. The number of quaternary nitrogens is 2. The van der Waals surface area contributed by atoms with Crippen LogP contribution in [0.2, 0.25) is 0 Å². The molecule has 0 aliphatic carbocycles. The van der Waals surface area contributed by atoms with Crippen molar-refractivity contribution in [3.8, 4) is 0 Å². The Kier molecular flexibility index (Phi) is 30.8. The first kappa shape index (κ1) is 46.0. The highest BCUT2D eigenvalue weighted by atomic mass is 32.2. The molecular formula is C33H72F3N2O3S+. The Morgan fingerprint density at radius 3 is 0.619 bits per heavy atom. The Morgan fingerprint density at radius 2 is 0.548 bits per heavy atom.